The van der Waals surface area contributed by atoms with Gasteiger partial charge in [-0.1, -0.05) is 0 Å². The summed E-state index contributed by atoms with van der Waals surface area (Å²) in [6.45, 7) is -0.955. The van der Waals surface area contributed by atoms with Gasteiger partial charge in [-0.25, -0.2) is 0 Å². The van der Waals surface area contributed by atoms with Crippen LogP contribution < -0.4 is 11.1 Å². The van der Waals surface area contributed by atoms with E-state index < -0.39 is 12.8 Å². The molecule has 3 N–H and O–H groups in total. The molecule has 4 atom stereocenters. The molecule has 0 aromatic rings. The van der Waals surface area contributed by atoms with Crippen molar-refractivity contribution in [2.75, 3.05) is 19.8 Å². The molecule has 1 saturated heterocycles. The lowest BCUT2D eigenvalue weighted by Gasteiger charge is -2.45. The largest absolute Gasteiger partial charge is 0.411 e. The molecular formula is C11H17F3N2O3. The molecule has 0 radical (unpaired) electrons. The maximum Gasteiger partial charge on any atom is 0.411 e. The Balaban J connectivity index is 1.62. The van der Waals surface area contributed by atoms with Gasteiger partial charge in [-0.2, -0.15) is 13.2 Å². The first-order chi connectivity index (χ1) is 8.88. The maximum atomic E-state index is 11.8. The van der Waals surface area contributed by atoms with Crippen LogP contribution in [0.15, 0.2) is 0 Å². The van der Waals surface area contributed by atoms with Crippen LogP contribution in [-0.2, 0) is 14.3 Å². The summed E-state index contributed by atoms with van der Waals surface area (Å²) in [5.74, 6) is -0.0802. The van der Waals surface area contributed by atoms with Gasteiger partial charge in [0.25, 0.3) is 0 Å². The molecule has 8 heteroatoms. The number of halogens is 3. The first kappa shape index (κ1) is 14.5. The number of hydrogen-bond donors (Lipinski definition) is 2. The van der Waals surface area contributed by atoms with Crippen molar-refractivity contribution in [2.24, 2.45) is 11.7 Å². The second-order valence-corrected chi connectivity index (χ2v) is 4.88. The summed E-state index contributed by atoms with van der Waals surface area (Å²) in [6.07, 6.45) is -3.63. The average Bonchev–Trinajstić information content (AvgIpc) is 2.75. The second kappa shape index (κ2) is 5.64. The predicted octanol–water partition coefficient (Wildman–Crippen LogP) is 0.186. The molecule has 2 aliphatic rings. The summed E-state index contributed by atoms with van der Waals surface area (Å²) >= 11 is 0. The van der Waals surface area contributed by atoms with Gasteiger partial charge >= 0.3 is 6.18 Å². The maximum absolute atomic E-state index is 11.8. The Hall–Kier alpha value is -0.860. The lowest BCUT2D eigenvalue weighted by atomic mass is 9.72. The van der Waals surface area contributed by atoms with E-state index in [9.17, 15) is 18.0 Å². The van der Waals surface area contributed by atoms with E-state index in [1.165, 1.54) is 0 Å². The van der Waals surface area contributed by atoms with Crippen molar-refractivity contribution < 1.29 is 27.4 Å². The predicted molar refractivity (Wildman–Crippen MR) is 59.2 cm³/mol. The number of ether oxygens (including phenoxy) is 2. The third-order valence-corrected chi connectivity index (χ3v) is 3.51. The number of amides is 1. The summed E-state index contributed by atoms with van der Waals surface area (Å²) in [4.78, 5) is 11.5. The minimum atomic E-state index is -4.36. The fraction of sp³-hybridized carbons (Fsp3) is 0.909. The zero-order valence-corrected chi connectivity index (χ0v) is 10.3. The van der Waals surface area contributed by atoms with E-state index in [0.717, 1.165) is 6.42 Å². The van der Waals surface area contributed by atoms with Crippen LogP contribution >= 0.6 is 0 Å². The van der Waals surface area contributed by atoms with Gasteiger partial charge in [0.05, 0.1) is 18.8 Å². The number of alkyl halides is 3. The smallest absolute Gasteiger partial charge is 0.376 e. The summed E-state index contributed by atoms with van der Waals surface area (Å²) in [6, 6.07) is -0.366. The number of rotatable bonds is 5. The molecule has 1 heterocycles. The second-order valence-electron chi connectivity index (χ2n) is 4.88. The molecule has 0 aromatic carbocycles. The zero-order chi connectivity index (χ0) is 14.0. The van der Waals surface area contributed by atoms with Crippen LogP contribution in [0.2, 0.25) is 0 Å². The lowest BCUT2D eigenvalue weighted by Crippen LogP contribution is -2.69. The average molecular weight is 282 g/mol. The molecule has 4 unspecified atom stereocenters. The fourth-order valence-corrected chi connectivity index (χ4v) is 2.54. The fourth-order valence-electron chi connectivity index (χ4n) is 2.54. The highest BCUT2D eigenvalue weighted by molar-refractivity contribution is 5.76. The van der Waals surface area contributed by atoms with E-state index in [1.54, 1.807) is 0 Å². The van der Waals surface area contributed by atoms with Crippen molar-refractivity contribution in [3.63, 3.8) is 0 Å². The Bertz CT molecular complexity index is 338. The molecule has 2 fully saturated rings. The third-order valence-electron chi connectivity index (χ3n) is 3.51. The minimum Gasteiger partial charge on any atom is -0.376 e. The van der Waals surface area contributed by atoms with Crippen LogP contribution in [0, 0.1) is 5.92 Å². The molecule has 0 bridgehead atoms. The molecule has 1 amide bonds. The van der Waals surface area contributed by atoms with E-state index in [0.29, 0.717) is 6.61 Å². The first-order valence-electron chi connectivity index (χ1n) is 6.19. The molecule has 5 nitrogen and oxygen atoms in total. The molecular weight excluding hydrogens is 265 g/mol. The molecule has 1 aliphatic carbocycles. The number of carbonyl (C=O) groups is 1. The van der Waals surface area contributed by atoms with Crippen molar-refractivity contribution in [2.45, 2.75) is 37.2 Å². The lowest BCUT2D eigenvalue weighted by molar-refractivity contribution is -0.174. The number of nitrogens with two attached hydrogens (primary N) is 1. The number of carbonyl (C=O) groups excluding carboxylic acids is 1. The van der Waals surface area contributed by atoms with Gasteiger partial charge in [0, 0.05) is 25.0 Å². The highest BCUT2D eigenvalue weighted by atomic mass is 19.4. The van der Waals surface area contributed by atoms with Crippen LogP contribution in [0.25, 0.3) is 0 Å². The van der Waals surface area contributed by atoms with E-state index in [4.69, 9.17) is 10.5 Å². The summed E-state index contributed by atoms with van der Waals surface area (Å²) in [5, 5.41) is 2.69. The monoisotopic (exact) mass is 282 g/mol. The van der Waals surface area contributed by atoms with E-state index in [-0.39, 0.29) is 43.0 Å². The van der Waals surface area contributed by atoms with E-state index in [1.807, 2.05) is 0 Å². The Labute approximate surface area is 108 Å². The SMILES string of the molecule is NC1C2CCOC2C1NC(=O)CCOCC(F)(F)F. The van der Waals surface area contributed by atoms with Crippen LogP contribution in [-0.4, -0.2) is 50.1 Å². The number of fused-ring (bicyclic) bond motifs is 1. The van der Waals surface area contributed by atoms with Crippen LogP contribution in [0.1, 0.15) is 12.8 Å². The Kier molecular flexibility index (Phi) is 4.32. The Morgan fingerprint density at radius 3 is 2.89 bits per heavy atom. The topological polar surface area (TPSA) is 73.6 Å². The molecule has 0 aromatic heterocycles. The quantitative estimate of drug-likeness (QED) is 0.706. The van der Waals surface area contributed by atoms with Gasteiger partial charge in [-0.3, -0.25) is 4.79 Å². The van der Waals surface area contributed by atoms with Crippen LogP contribution in [0.3, 0.4) is 0 Å². The van der Waals surface area contributed by atoms with Crippen molar-refractivity contribution >= 4 is 5.91 Å². The van der Waals surface area contributed by atoms with Gasteiger partial charge in [-0.05, 0) is 6.42 Å². The molecule has 1 aliphatic heterocycles. The van der Waals surface area contributed by atoms with Crippen LogP contribution in [0.5, 0.6) is 0 Å². The van der Waals surface area contributed by atoms with Gasteiger partial charge < -0.3 is 20.5 Å². The van der Waals surface area contributed by atoms with Gasteiger partial charge in [0.15, 0.2) is 0 Å². The highest BCUT2D eigenvalue weighted by Gasteiger charge is 2.52. The first-order valence-corrected chi connectivity index (χ1v) is 6.19. The van der Waals surface area contributed by atoms with Crippen molar-refractivity contribution in [3.05, 3.63) is 0 Å². The number of hydrogen-bond acceptors (Lipinski definition) is 4. The Morgan fingerprint density at radius 1 is 1.47 bits per heavy atom. The summed E-state index contributed by atoms with van der Waals surface area (Å²) in [5.41, 5.74) is 5.89. The standard InChI is InChI=1S/C11H17F3N2O3/c12-11(13,14)5-18-3-2-7(17)16-9-8(15)6-1-4-19-10(6)9/h6,8-10H,1-5,15H2,(H,16,17). The summed E-state index contributed by atoms with van der Waals surface area (Å²) < 4.78 is 45.2. The van der Waals surface area contributed by atoms with Crippen molar-refractivity contribution in [1.82, 2.24) is 5.32 Å². The third kappa shape index (κ3) is 3.58. The van der Waals surface area contributed by atoms with Gasteiger partial charge in [0.2, 0.25) is 5.91 Å². The molecule has 19 heavy (non-hydrogen) atoms. The van der Waals surface area contributed by atoms with Crippen molar-refractivity contribution in [3.8, 4) is 0 Å². The van der Waals surface area contributed by atoms with E-state index >= 15 is 0 Å². The summed E-state index contributed by atoms with van der Waals surface area (Å²) in [7, 11) is 0. The molecule has 0 spiro atoms. The molecule has 110 valence electrons. The van der Waals surface area contributed by atoms with E-state index in [2.05, 4.69) is 10.1 Å². The normalized spacial score (nSPS) is 33.7. The highest BCUT2D eigenvalue weighted by Crippen LogP contribution is 2.37. The van der Waals surface area contributed by atoms with Crippen molar-refractivity contribution in [1.29, 1.82) is 0 Å². The minimum absolute atomic E-state index is 0.0463. The molecule has 1 saturated carbocycles. The van der Waals surface area contributed by atoms with Gasteiger partial charge in [-0.15, -0.1) is 0 Å². The number of nitrogens with one attached hydrogen (secondary N) is 1. The van der Waals surface area contributed by atoms with Gasteiger partial charge in [0.1, 0.15) is 6.61 Å². The Morgan fingerprint density at radius 2 is 2.21 bits per heavy atom. The van der Waals surface area contributed by atoms with Crippen LogP contribution in [0.4, 0.5) is 13.2 Å². The zero-order valence-electron chi connectivity index (χ0n) is 10.3. The molecule has 2 rings (SSSR count).